The van der Waals surface area contributed by atoms with Gasteiger partial charge in [0, 0.05) is 12.0 Å². The minimum atomic E-state index is -0.226. The Balaban J connectivity index is 2.45. The maximum absolute atomic E-state index is 8.74. The number of piperidine rings is 1. The Kier molecular flexibility index (Phi) is 4.42. The van der Waals surface area contributed by atoms with E-state index < -0.39 is 0 Å². The largest absolute Gasteiger partial charge is 0.409 e. The molecule has 1 fully saturated rings. The molecule has 0 bridgehead atoms. The van der Waals surface area contributed by atoms with Crippen LogP contribution in [-0.2, 0) is 0 Å². The van der Waals surface area contributed by atoms with Gasteiger partial charge in [-0.05, 0) is 37.8 Å². The van der Waals surface area contributed by atoms with Gasteiger partial charge in [0.1, 0.15) is 5.84 Å². The molecule has 0 saturated carbocycles. The average molecular weight is 241 g/mol. The Labute approximate surface area is 105 Å². The van der Waals surface area contributed by atoms with E-state index in [1.54, 1.807) is 0 Å². The van der Waals surface area contributed by atoms with Crippen LogP contribution in [0.5, 0.6) is 0 Å². The lowest BCUT2D eigenvalue weighted by Crippen LogP contribution is -2.43. The summed E-state index contributed by atoms with van der Waals surface area (Å²) in [5.41, 5.74) is 5.90. The fourth-order valence-corrected chi connectivity index (χ4v) is 2.44. The van der Waals surface area contributed by atoms with Gasteiger partial charge in [-0.3, -0.25) is 0 Å². The maximum atomic E-state index is 8.74. The van der Waals surface area contributed by atoms with Gasteiger partial charge < -0.3 is 15.8 Å². The van der Waals surface area contributed by atoms with Crippen molar-refractivity contribution in [3.05, 3.63) is 0 Å². The highest BCUT2D eigenvalue weighted by Gasteiger charge is 2.29. The van der Waals surface area contributed by atoms with Crippen molar-refractivity contribution in [1.29, 1.82) is 0 Å². The summed E-state index contributed by atoms with van der Waals surface area (Å²) in [5.74, 6) is 0.328. The fourth-order valence-electron chi connectivity index (χ4n) is 2.44. The molecule has 0 aromatic heterocycles. The molecule has 0 aromatic rings. The minimum Gasteiger partial charge on any atom is -0.409 e. The van der Waals surface area contributed by atoms with Crippen LogP contribution in [0, 0.1) is 10.8 Å². The average Bonchev–Trinajstić information content (AvgIpc) is 2.24. The van der Waals surface area contributed by atoms with E-state index in [0.717, 1.165) is 19.5 Å². The molecule has 4 nitrogen and oxygen atoms in total. The number of likely N-dealkylation sites (tertiary alicyclic amines) is 1. The smallest absolute Gasteiger partial charge is 0.144 e. The van der Waals surface area contributed by atoms with Crippen LogP contribution in [0.2, 0.25) is 0 Å². The summed E-state index contributed by atoms with van der Waals surface area (Å²) in [6.45, 7) is 12.1. The van der Waals surface area contributed by atoms with Gasteiger partial charge >= 0.3 is 0 Å². The molecule has 0 radical (unpaired) electrons. The highest BCUT2D eigenvalue weighted by Crippen LogP contribution is 2.29. The van der Waals surface area contributed by atoms with Crippen molar-refractivity contribution in [3.63, 3.8) is 0 Å². The normalized spacial score (nSPS) is 22.7. The van der Waals surface area contributed by atoms with Crippen LogP contribution in [0.1, 0.15) is 47.0 Å². The Hall–Kier alpha value is -0.770. The first kappa shape index (κ1) is 14.3. The van der Waals surface area contributed by atoms with E-state index in [-0.39, 0.29) is 5.41 Å². The quantitative estimate of drug-likeness (QED) is 0.343. The molecule has 3 N–H and O–H groups in total. The zero-order valence-electron chi connectivity index (χ0n) is 11.7. The van der Waals surface area contributed by atoms with Crippen LogP contribution in [0.25, 0.3) is 0 Å². The van der Waals surface area contributed by atoms with Gasteiger partial charge in [-0.15, -0.1) is 0 Å². The van der Waals surface area contributed by atoms with Crippen molar-refractivity contribution in [2.24, 2.45) is 21.7 Å². The highest BCUT2D eigenvalue weighted by molar-refractivity contribution is 5.85. The van der Waals surface area contributed by atoms with E-state index in [1.807, 2.05) is 13.8 Å². The molecule has 1 heterocycles. The standard InChI is InChI=1S/C13H27N3O/c1-12(2)6-5-8-16(10-12)9-7-13(3,4)11(14)15-17/h17H,5-10H2,1-4H3,(H2,14,15). The van der Waals surface area contributed by atoms with E-state index in [4.69, 9.17) is 10.9 Å². The second-order valence-electron chi connectivity index (χ2n) is 6.66. The lowest BCUT2D eigenvalue weighted by molar-refractivity contribution is 0.109. The van der Waals surface area contributed by atoms with E-state index in [0.29, 0.717) is 11.3 Å². The molecular weight excluding hydrogens is 214 g/mol. The SMILES string of the molecule is CC1(C)CCCN(CCC(C)(C)C(N)=NO)C1. The lowest BCUT2D eigenvalue weighted by Gasteiger charge is -2.39. The van der Waals surface area contributed by atoms with Crippen LogP contribution >= 0.6 is 0 Å². The zero-order valence-corrected chi connectivity index (χ0v) is 11.7. The summed E-state index contributed by atoms with van der Waals surface area (Å²) in [5, 5.41) is 11.9. The number of rotatable bonds is 4. The zero-order chi connectivity index (χ0) is 13.1. The molecule has 0 unspecified atom stereocenters. The van der Waals surface area contributed by atoms with Gasteiger partial charge in [0.15, 0.2) is 0 Å². The highest BCUT2D eigenvalue weighted by atomic mass is 16.4. The molecule has 0 aromatic carbocycles. The predicted molar refractivity (Wildman–Crippen MR) is 71.3 cm³/mol. The first-order chi connectivity index (χ1) is 7.77. The minimum absolute atomic E-state index is 0.226. The molecule has 100 valence electrons. The van der Waals surface area contributed by atoms with Crippen molar-refractivity contribution in [3.8, 4) is 0 Å². The third kappa shape index (κ3) is 4.19. The number of amidine groups is 1. The number of oxime groups is 1. The Morgan fingerprint density at radius 2 is 2.12 bits per heavy atom. The Morgan fingerprint density at radius 3 is 2.65 bits per heavy atom. The van der Waals surface area contributed by atoms with Crippen molar-refractivity contribution in [1.82, 2.24) is 4.90 Å². The molecule has 0 spiro atoms. The number of nitrogens with zero attached hydrogens (tertiary/aromatic N) is 2. The van der Waals surface area contributed by atoms with Crippen LogP contribution in [0.3, 0.4) is 0 Å². The number of hydrogen-bond acceptors (Lipinski definition) is 3. The second kappa shape index (κ2) is 5.25. The van der Waals surface area contributed by atoms with Gasteiger partial charge in [0.2, 0.25) is 0 Å². The topological polar surface area (TPSA) is 61.8 Å². The summed E-state index contributed by atoms with van der Waals surface area (Å²) in [7, 11) is 0. The summed E-state index contributed by atoms with van der Waals surface area (Å²) < 4.78 is 0. The molecule has 4 heteroatoms. The molecule has 0 atom stereocenters. The van der Waals surface area contributed by atoms with E-state index in [9.17, 15) is 0 Å². The van der Waals surface area contributed by atoms with E-state index in [2.05, 4.69) is 23.9 Å². The monoisotopic (exact) mass is 241 g/mol. The van der Waals surface area contributed by atoms with Crippen LogP contribution < -0.4 is 5.73 Å². The summed E-state index contributed by atoms with van der Waals surface area (Å²) in [4.78, 5) is 2.50. The Bertz CT molecular complexity index is 284. The van der Waals surface area contributed by atoms with Gasteiger partial charge in [-0.2, -0.15) is 0 Å². The van der Waals surface area contributed by atoms with Crippen molar-refractivity contribution >= 4 is 5.84 Å². The maximum Gasteiger partial charge on any atom is 0.144 e. The number of hydrogen-bond donors (Lipinski definition) is 2. The Morgan fingerprint density at radius 1 is 1.47 bits per heavy atom. The van der Waals surface area contributed by atoms with Crippen molar-refractivity contribution < 1.29 is 5.21 Å². The van der Waals surface area contributed by atoms with Crippen LogP contribution in [0.15, 0.2) is 5.16 Å². The second-order valence-corrected chi connectivity index (χ2v) is 6.66. The predicted octanol–water partition coefficient (Wildman–Crippen LogP) is 2.27. The molecule has 1 aliphatic rings. The van der Waals surface area contributed by atoms with Crippen LogP contribution in [-0.4, -0.2) is 35.6 Å². The molecule has 0 amide bonds. The first-order valence-electron chi connectivity index (χ1n) is 6.47. The molecule has 1 saturated heterocycles. The van der Waals surface area contributed by atoms with Gasteiger partial charge in [0.25, 0.3) is 0 Å². The van der Waals surface area contributed by atoms with E-state index in [1.165, 1.54) is 19.4 Å². The summed E-state index contributed by atoms with van der Waals surface area (Å²) in [6.07, 6.45) is 3.52. The number of nitrogens with two attached hydrogens (primary N) is 1. The molecule has 1 rings (SSSR count). The molecule has 1 aliphatic heterocycles. The van der Waals surface area contributed by atoms with Crippen LogP contribution in [0.4, 0.5) is 0 Å². The fraction of sp³-hybridized carbons (Fsp3) is 0.923. The third-order valence-corrected chi connectivity index (χ3v) is 3.83. The summed E-state index contributed by atoms with van der Waals surface area (Å²) >= 11 is 0. The van der Waals surface area contributed by atoms with E-state index >= 15 is 0 Å². The summed E-state index contributed by atoms with van der Waals surface area (Å²) in [6, 6.07) is 0. The first-order valence-corrected chi connectivity index (χ1v) is 6.47. The van der Waals surface area contributed by atoms with Crippen molar-refractivity contribution in [2.75, 3.05) is 19.6 Å². The molecular formula is C13H27N3O. The molecule has 17 heavy (non-hydrogen) atoms. The molecule has 0 aliphatic carbocycles. The van der Waals surface area contributed by atoms with Crippen molar-refractivity contribution in [2.45, 2.75) is 47.0 Å². The van der Waals surface area contributed by atoms with Gasteiger partial charge in [-0.1, -0.05) is 32.9 Å². The van der Waals surface area contributed by atoms with Gasteiger partial charge in [0.05, 0.1) is 0 Å². The van der Waals surface area contributed by atoms with Gasteiger partial charge in [-0.25, -0.2) is 0 Å². The third-order valence-electron chi connectivity index (χ3n) is 3.83. The lowest BCUT2D eigenvalue weighted by atomic mass is 9.83.